The highest BCUT2D eigenvalue weighted by Crippen LogP contribution is 2.18. The number of benzene rings is 2. The molecule has 1 atom stereocenters. The van der Waals surface area contributed by atoms with Gasteiger partial charge in [-0.2, -0.15) is 4.31 Å². The van der Waals surface area contributed by atoms with Gasteiger partial charge in [-0.05, 0) is 36.2 Å². The van der Waals surface area contributed by atoms with E-state index in [1.807, 2.05) is 0 Å². The van der Waals surface area contributed by atoms with Gasteiger partial charge in [0.1, 0.15) is 6.04 Å². The predicted octanol–water partition coefficient (Wildman–Crippen LogP) is 3.39. The van der Waals surface area contributed by atoms with Crippen LogP contribution in [0, 0.1) is 17.6 Å². The Morgan fingerprint density at radius 2 is 1.66 bits per heavy atom. The molecule has 10 heteroatoms. The second-order valence-electron chi connectivity index (χ2n) is 7.43. The molecule has 0 aliphatic rings. The van der Waals surface area contributed by atoms with Crippen LogP contribution in [0.4, 0.5) is 14.5 Å². The van der Waals surface area contributed by atoms with E-state index in [1.165, 1.54) is 34.6 Å². The predicted molar refractivity (Wildman–Crippen MR) is 118 cm³/mol. The first kappa shape index (κ1) is 25.4. The zero-order valence-corrected chi connectivity index (χ0v) is 19.2. The van der Waals surface area contributed by atoms with Crippen LogP contribution in [0.3, 0.4) is 0 Å². The van der Waals surface area contributed by atoms with Gasteiger partial charge in [0.2, 0.25) is 15.9 Å². The van der Waals surface area contributed by atoms with Crippen LogP contribution in [-0.2, 0) is 14.8 Å². The van der Waals surface area contributed by atoms with Crippen LogP contribution in [-0.4, -0.2) is 43.7 Å². The molecule has 32 heavy (non-hydrogen) atoms. The summed E-state index contributed by atoms with van der Waals surface area (Å²) in [5.41, 5.74) is 0.116. The summed E-state index contributed by atoms with van der Waals surface area (Å²) < 4.78 is 53.3. The molecule has 2 aromatic carbocycles. The fourth-order valence-electron chi connectivity index (χ4n) is 3.06. The molecule has 2 rings (SSSR count). The lowest BCUT2D eigenvalue weighted by molar-refractivity contribution is -0.118. The molecule has 0 heterocycles. The molecule has 2 N–H and O–H groups in total. The topological polar surface area (TPSA) is 95.6 Å². The zero-order chi connectivity index (χ0) is 24.1. The van der Waals surface area contributed by atoms with E-state index in [1.54, 1.807) is 27.7 Å². The number of hydrogen-bond acceptors (Lipinski definition) is 4. The van der Waals surface area contributed by atoms with Crippen LogP contribution < -0.4 is 10.6 Å². The van der Waals surface area contributed by atoms with Crippen molar-refractivity contribution in [2.45, 2.75) is 38.6 Å². The number of nitrogens with zero attached hydrogens (tertiary/aromatic N) is 1. The van der Waals surface area contributed by atoms with Gasteiger partial charge in [-0.15, -0.1) is 0 Å². The molecule has 0 aliphatic heterocycles. The van der Waals surface area contributed by atoms with Gasteiger partial charge in [-0.25, -0.2) is 17.2 Å². The molecule has 0 unspecified atom stereocenters. The van der Waals surface area contributed by atoms with Gasteiger partial charge in [-0.3, -0.25) is 9.59 Å². The summed E-state index contributed by atoms with van der Waals surface area (Å²) >= 11 is 0. The monoisotopic (exact) mass is 467 g/mol. The number of anilines is 1. The van der Waals surface area contributed by atoms with Crippen molar-refractivity contribution < 1.29 is 26.8 Å². The van der Waals surface area contributed by atoms with Crippen LogP contribution in [0.15, 0.2) is 47.4 Å². The van der Waals surface area contributed by atoms with Gasteiger partial charge in [0.15, 0.2) is 11.6 Å². The van der Waals surface area contributed by atoms with Gasteiger partial charge in [0, 0.05) is 30.4 Å². The van der Waals surface area contributed by atoms with E-state index in [-0.39, 0.29) is 35.2 Å². The maximum Gasteiger partial charge on any atom is 0.251 e. The molecule has 0 bridgehead atoms. The van der Waals surface area contributed by atoms with E-state index in [4.69, 9.17) is 0 Å². The van der Waals surface area contributed by atoms with Gasteiger partial charge < -0.3 is 10.6 Å². The average molecular weight is 468 g/mol. The number of carbonyl (C=O) groups is 2. The van der Waals surface area contributed by atoms with Crippen LogP contribution in [0.1, 0.15) is 38.1 Å². The van der Waals surface area contributed by atoms with Crippen LogP contribution in [0.5, 0.6) is 0 Å². The average Bonchev–Trinajstić information content (AvgIpc) is 2.74. The number of amides is 2. The third-order valence-electron chi connectivity index (χ3n) is 4.86. The van der Waals surface area contributed by atoms with Crippen molar-refractivity contribution in [1.29, 1.82) is 0 Å². The molecular formula is C22H27F2N3O4S. The fourth-order valence-corrected chi connectivity index (χ4v) is 4.57. The summed E-state index contributed by atoms with van der Waals surface area (Å²) in [6.07, 6.45) is 0. The van der Waals surface area contributed by atoms with E-state index >= 15 is 0 Å². The number of hydrogen-bond donors (Lipinski definition) is 2. The molecule has 7 nitrogen and oxygen atoms in total. The molecule has 0 saturated carbocycles. The van der Waals surface area contributed by atoms with Crippen molar-refractivity contribution in [3.8, 4) is 0 Å². The summed E-state index contributed by atoms with van der Waals surface area (Å²) in [5.74, 6) is -3.76. The summed E-state index contributed by atoms with van der Waals surface area (Å²) in [7, 11) is -3.76. The number of halogens is 2. The Morgan fingerprint density at radius 3 is 2.22 bits per heavy atom. The minimum absolute atomic E-state index is 0.0267. The molecule has 0 aliphatic carbocycles. The second-order valence-corrected chi connectivity index (χ2v) is 9.37. The SMILES string of the molecule is CCN(CC)S(=O)(=O)c1cccc(C(=O)N[C@@H](C(=O)Nc2ccc(F)c(F)c2)C(C)C)c1. The number of nitrogens with one attached hydrogen (secondary N) is 2. The molecule has 0 radical (unpaired) electrons. The fraction of sp³-hybridized carbons (Fsp3) is 0.364. The molecular weight excluding hydrogens is 440 g/mol. The summed E-state index contributed by atoms with van der Waals surface area (Å²) in [4.78, 5) is 25.4. The minimum Gasteiger partial charge on any atom is -0.340 e. The highest BCUT2D eigenvalue weighted by atomic mass is 32.2. The Bertz CT molecular complexity index is 1090. The van der Waals surface area contributed by atoms with E-state index in [2.05, 4.69) is 10.6 Å². The minimum atomic E-state index is -3.76. The van der Waals surface area contributed by atoms with Crippen molar-refractivity contribution >= 4 is 27.5 Å². The first-order valence-corrected chi connectivity index (χ1v) is 11.6. The van der Waals surface area contributed by atoms with E-state index in [9.17, 15) is 26.8 Å². The molecule has 2 amide bonds. The van der Waals surface area contributed by atoms with Crippen molar-refractivity contribution in [2.24, 2.45) is 5.92 Å². The normalized spacial score (nSPS) is 12.6. The maximum atomic E-state index is 13.4. The Hall–Kier alpha value is -2.85. The van der Waals surface area contributed by atoms with Crippen molar-refractivity contribution in [1.82, 2.24) is 9.62 Å². The lowest BCUT2D eigenvalue weighted by atomic mass is 10.0. The van der Waals surface area contributed by atoms with Crippen molar-refractivity contribution in [3.63, 3.8) is 0 Å². The molecule has 0 spiro atoms. The quantitative estimate of drug-likeness (QED) is 0.591. The summed E-state index contributed by atoms with van der Waals surface area (Å²) in [6.45, 7) is 7.42. The Balaban J connectivity index is 2.23. The largest absolute Gasteiger partial charge is 0.340 e. The highest BCUT2D eigenvalue weighted by Gasteiger charge is 2.27. The molecule has 0 aromatic heterocycles. The molecule has 0 fully saturated rings. The maximum absolute atomic E-state index is 13.4. The Labute approximate surface area is 186 Å². The standard InChI is InChI=1S/C22H27F2N3O4S/c1-5-27(6-2)32(30,31)17-9-7-8-15(12-17)21(28)26-20(14(3)4)22(29)25-16-10-11-18(23)19(24)13-16/h7-14,20H,5-6H2,1-4H3,(H,25,29)(H,26,28)/t20-/m1/s1. The van der Waals surface area contributed by atoms with E-state index in [0.29, 0.717) is 0 Å². The first-order valence-electron chi connectivity index (χ1n) is 10.2. The van der Waals surface area contributed by atoms with Crippen LogP contribution in [0.2, 0.25) is 0 Å². The van der Waals surface area contributed by atoms with Crippen molar-refractivity contribution in [3.05, 3.63) is 59.7 Å². The molecule has 2 aromatic rings. The van der Waals surface area contributed by atoms with Gasteiger partial charge >= 0.3 is 0 Å². The Morgan fingerprint density at radius 1 is 1.00 bits per heavy atom. The molecule has 0 saturated heterocycles. The van der Waals surface area contributed by atoms with E-state index in [0.717, 1.165) is 12.1 Å². The zero-order valence-electron chi connectivity index (χ0n) is 18.4. The third kappa shape index (κ3) is 5.89. The van der Waals surface area contributed by atoms with Crippen LogP contribution >= 0.6 is 0 Å². The lowest BCUT2D eigenvalue weighted by Gasteiger charge is -2.22. The Kier molecular flexibility index (Phi) is 8.45. The van der Waals surface area contributed by atoms with Crippen molar-refractivity contribution in [2.75, 3.05) is 18.4 Å². The lowest BCUT2D eigenvalue weighted by Crippen LogP contribution is -2.47. The second kappa shape index (κ2) is 10.6. The third-order valence-corrected chi connectivity index (χ3v) is 6.91. The summed E-state index contributed by atoms with van der Waals surface area (Å²) in [6, 6.07) is 7.49. The van der Waals surface area contributed by atoms with Crippen LogP contribution in [0.25, 0.3) is 0 Å². The van der Waals surface area contributed by atoms with Gasteiger partial charge in [0.25, 0.3) is 5.91 Å². The van der Waals surface area contributed by atoms with E-state index < -0.39 is 39.5 Å². The highest BCUT2D eigenvalue weighted by molar-refractivity contribution is 7.89. The van der Waals surface area contributed by atoms with Gasteiger partial charge in [-0.1, -0.05) is 33.8 Å². The number of sulfonamides is 1. The summed E-state index contributed by atoms with van der Waals surface area (Å²) in [5, 5.41) is 5.04. The van der Waals surface area contributed by atoms with Gasteiger partial charge in [0.05, 0.1) is 4.90 Å². The number of rotatable bonds is 9. The number of carbonyl (C=O) groups excluding carboxylic acids is 2. The smallest absolute Gasteiger partial charge is 0.251 e. The first-order chi connectivity index (χ1) is 15.0. The molecule has 174 valence electrons.